The quantitative estimate of drug-likeness (QED) is 0.545. The van der Waals surface area contributed by atoms with Crippen molar-refractivity contribution in [2.75, 3.05) is 26.3 Å². The highest BCUT2D eigenvalue weighted by molar-refractivity contribution is 7.09. The fraction of sp³-hybridized carbons (Fsp3) is 0.400. The topological polar surface area (TPSA) is 72.3 Å². The van der Waals surface area contributed by atoms with Gasteiger partial charge in [0.25, 0.3) is 5.91 Å². The predicted molar refractivity (Wildman–Crippen MR) is 129 cm³/mol. The van der Waals surface area contributed by atoms with Crippen LogP contribution in [0.25, 0.3) is 11.3 Å². The standard InChI is InChI=1S/C25H29N5O2S/c1-2-10-30-22-9-8-19(15-20(22)24(28-30)25(31)29-11-13-32-14-12-29)26-16-23-27-21(17-33-23)18-6-4-3-5-7-18/h2-7,17,19,26H,1,8-16H2/t19-/m0/s1. The summed E-state index contributed by atoms with van der Waals surface area (Å²) >= 11 is 1.68. The number of hydrogen-bond donors (Lipinski definition) is 1. The Kier molecular flexibility index (Phi) is 6.66. The maximum atomic E-state index is 13.3. The molecule has 1 fully saturated rings. The Hall–Kier alpha value is -2.81. The molecule has 0 radical (unpaired) electrons. The van der Waals surface area contributed by atoms with Gasteiger partial charge in [0.05, 0.1) is 25.5 Å². The number of aromatic nitrogens is 3. The minimum atomic E-state index is 0.0189. The van der Waals surface area contributed by atoms with Gasteiger partial charge in [-0.05, 0) is 19.3 Å². The largest absolute Gasteiger partial charge is 0.378 e. The zero-order valence-corrected chi connectivity index (χ0v) is 19.5. The lowest BCUT2D eigenvalue weighted by Crippen LogP contribution is -2.41. The number of amides is 1. The highest BCUT2D eigenvalue weighted by Gasteiger charge is 2.31. The molecule has 1 amide bonds. The van der Waals surface area contributed by atoms with Crippen LogP contribution >= 0.6 is 11.3 Å². The third kappa shape index (κ3) is 4.78. The van der Waals surface area contributed by atoms with Gasteiger partial charge in [-0.1, -0.05) is 36.4 Å². The van der Waals surface area contributed by atoms with Crippen LogP contribution in [0.3, 0.4) is 0 Å². The van der Waals surface area contributed by atoms with Crippen molar-refractivity contribution in [3.8, 4) is 11.3 Å². The number of ether oxygens (including phenoxy) is 1. The second-order valence-corrected chi connectivity index (χ2v) is 9.40. The van der Waals surface area contributed by atoms with Crippen molar-refractivity contribution in [3.05, 3.63) is 70.3 Å². The third-order valence-electron chi connectivity index (χ3n) is 6.31. The minimum absolute atomic E-state index is 0.0189. The zero-order valence-electron chi connectivity index (χ0n) is 18.7. The molecular formula is C25H29N5O2S. The molecule has 8 heteroatoms. The second-order valence-electron chi connectivity index (χ2n) is 8.46. The molecule has 1 aliphatic carbocycles. The summed E-state index contributed by atoms with van der Waals surface area (Å²) in [5.74, 6) is 0.0189. The summed E-state index contributed by atoms with van der Waals surface area (Å²) in [6.07, 6.45) is 4.55. The van der Waals surface area contributed by atoms with Crippen molar-refractivity contribution in [2.45, 2.75) is 38.4 Å². The normalized spacial score (nSPS) is 18.2. The number of thiazole rings is 1. The van der Waals surface area contributed by atoms with Crippen LogP contribution in [0.5, 0.6) is 0 Å². The summed E-state index contributed by atoms with van der Waals surface area (Å²) in [5.41, 5.74) is 5.02. The van der Waals surface area contributed by atoms with Crippen molar-refractivity contribution in [1.82, 2.24) is 25.0 Å². The SMILES string of the molecule is C=CCn1nc(C(=O)N2CCOCC2)c2c1CC[C@H](NCc1nc(-c3ccccc3)cs1)C2. The number of nitrogens with zero attached hydrogens (tertiary/aromatic N) is 4. The fourth-order valence-corrected chi connectivity index (χ4v) is 5.34. The Bertz CT molecular complexity index is 1120. The van der Waals surface area contributed by atoms with Gasteiger partial charge in [-0.25, -0.2) is 4.98 Å². The molecule has 33 heavy (non-hydrogen) atoms. The molecule has 1 N–H and O–H groups in total. The number of fused-ring (bicyclic) bond motifs is 1. The molecule has 1 aliphatic heterocycles. The summed E-state index contributed by atoms with van der Waals surface area (Å²) in [5, 5.41) is 11.6. The second kappa shape index (κ2) is 9.99. The molecule has 0 bridgehead atoms. The fourth-order valence-electron chi connectivity index (χ4n) is 4.59. The molecule has 1 saturated heterocycles. The predicted octanol–water partition coefficient (Wildman–Crippen LogP) is 3.31. The van der Waals surface area contributed by atoms with Gasteiger partial charge in [0.2, 0.25) is 0 Å². The van der Waals surface area contributed by atoms with Gasteiger partial charge in [0.15, 0.2) is 5.69 Å². The van der Waals surface area contributed by atoms with Gasteiger partial charge in [0, 0.05) is 47.9 Å². The Labute approximate surface area is 198 Å². The molecule has 0 saturated carbocycles. The number of benzene rings is 1. The van der Waals surface area contributed by atoms with E-state index >= 15 is 0 Å². The average molecular weight is 464 g/mol. The molecule has 2 aliphatic rings. The number of allylic oxidation sites excluding steroid dienone is 1. The van der Waals surface area contributed by atoms with Gasteiger partial charge in [0.1, 0.15) is 5.01 Å². The van der Waals surface area contributed by atoms with E-state index in [0.29, 0.717) is 44.6 Å². The van der Waals surface area contributed by atoms with Gasteiger partial charge in [-0.2, -0.15) is 5.10 Å². The Morgan fingerprint density at radius 1 is 1.27 bits per heavy atom. The average Bonchev–Trinajstić information content (AvgIpc) is 3.49. The smallest absolute Gasteiger partial charge is 0.274 e. The van der Waals surface area contributed by atoms with Crippen LogP contribution in [-0.2, 0) is 30.7 Å². The molecule has 1 aromatic carbocycles. The van der Waals surface area contributed by atoms with Crippen molar-refractivity contribution in [2.24, 2.45) is 0 Å². The van der Waals surface area contributed by atoms with E-state index in [4.69, 9.17) is 14.8 Å². The first kappa shape index (κ1) is 22.0. The van der Waals surface area contributed by atoms with Gasteiger partial charge in [-0.3, -0.25) is 9.48 Å². The molecule has 0 unspecified atom stereocenters. The first-order valence-electron chi connectivity index (χ1n) is 11.5. The summed E-state index contributed by atoms with van der Waals surface area (Å²) in [4.78, 5) is 19.9. The lowest BCUT2D eigenvalue weighted by molar-refractivity contribution is 0.0297. The molecule has 0 spiro atoms. The number of carbonyl (C=O) groups excluding carboxylic acids is 1. The van der Waals surface area contributed by atoms with Crippen LogP contribution in [0.2, 0.25) is 0 Å². The van der Waals surface area contributed by atoms with E-state index < -0.39 is 0 Å². The molecular weight excluding hydrogens is 434 g/mol. The number of rotatable bonds is 7. The molecule has 172 valence electrons. The Balaban J connectivity index is 1.29. The van der Waals surface area contributed by atoms with Crippen molar-refractivity contribution in [3.63, 3.8) is 0 Å². The lowest BCUT2D eigenvalue weighted by atomic mass is 9.91. The third-order valence-corrected chi connectivity index (χ3v) is 7.16. The summed E-state index contributed by atoms with van der Waals surface area (Å²) in [7, 11) is 0. The highest BCUT2D eigenvalue weighted by Crippen LogP contribution is 2.27. The first-order valence-corrected chi connectivity index (χ1v) is 12.4. The number of hydrogen-bond acceptors (Lipinski definition) is 6. The van der Waals surface area contributed by atoms with Gasteiger partial charge >= 0.3 is 0 Å². The minimum Gasteiger partial charge on any atom is -0.378 e. The Morgan fingerprint density at radius 3 is 2.88 bits per heavy atom. The van der Waals surface area contributed by atoms with Crippen LogP contribution in [0.1, 0.15) is 33.2 Å². The lowest BCUT2D eigenvalue weighted by Gasteiger charge is -2.27. The van der Waals surface area contributed by atoms with E-state index in [9.17, 15) is 4.79 Å². The monoisotopic (exact) mass is 463 g/mol. The highest BCUT2D eigenvalue weighted by atomic mass is 32.1. The van der Waals surface area contributed by atoms with Crippen LogP contribution in [-0.4, -0.2) is 57.9 Å². The van der Waals surface area contributed by atoms with Crippen LogP contribution < -0.4 is 5.32 Å². The van der Waals surface area contributed by atoms with Gasteiger partial charge < -0.3 is 15.0 Å². The van der Waals surface area contributed by atoms with E-state index in [-0.39, 0.29) is 5.91 Å². The van der Waals surface area contributed by atoms with Crippen LogP contribution in [0, 0.1) is 0 Å². The molecule has 3 aromatic rings. The number of morpholine rings is 1. The number of carbonyl (C=O) groups is 1. The summed E-state index contributed by atoms with van der Waals surface area (Å²) in [6, 6.07) is 10.6. The van der Waals surface area contributed by atoms with Crippen LogP contribution in [0.15, 0.2) is 48.4 Å². The van der Waals surface area contributed by atoms with Crippen molar-refractivity contribution in [1.29, 1.82) is 0 Å². The van der Waals surface area contributed by atoms with Crippen molar-refractivity contribution < 1.29 is 9.53 Å². The van der Waals surface area contributed by atoms with Gasteiger partial charge in [-0.15, -0.1) is 17.9 Å². The number of nitrogens with one attached hydrogen (secondary N) is 1. The molecule has 7 nitrogen and oxygen atoms in total. The van der Waals surface area contributed by atoms with E-state index in [1.807, 2.05) is 33.9 Å². The molecule has 2 aromatic heterocycles. The summed E-state index contributed by atoms with van der Waals surface area (Å²) < 4.78 is 7.37. The van der Waals surface area contributed by atoms with Crippen LogP contribution in [0.4, 0.5) is 0 Å². The van der Waals surface area contributed by atoms with E-state index in [1.165, 1.54) is 5.69 Å². The molecule has 5 rings (SSSR count). The summed E-state index contributed by atoms with van der Waals surface area (Å²) in [6.45, 7) is 7.63. The first-order chi connectivity index (χ1) is 16.2. The molecule has 1 atom stereocenters. The van der Waals surface area contributed by atoms with E-state index in [0.717, 1.165) is 47.6 Å². The maximum absolute atomic E-state index is 13.3. The Morgan fingerprint density at radius 2 is 2.09 bits per heavy atom. The van der Waals surface area contributed by atoms with Crippen molar-refractivity contribution >= 4 is 17.2 Å². The molecule has 3 heterocycles. The van der Waals surface area contributed by atoms with E-state index in [2.05, 4.69) is 29.4 Å². The maximum Gasteiger partial charge on any atom is 0.274 e. The zero-order chi connectivity index (χ0) is 22.6. The van der Waals surface area contributed by atoms with E-state index in [1.54, 1.807) is 11.3 Å².